The van der Waals surface area contributed by atoms with Crippen LogP contribution in [-0.4, -0.2) is 5.11 Å². The van der Waals surface area contributed by atoms with Gasteiger partial charge in [-0.05, 0) is 37.0 Å². The quantitative estimate of drug-likeness (QED) is 0.729. The summed E-state index contributed by atoms with van der Waals surface area (Å²) in [5, 5.41) is 9.70. The van der Waals surface area contributed by atoms with Crippen molar-refractivity contribution in [1.29, 1.82) is 0 Å². The zero-order chi connectivity index (χ0) is 11.6. The van der Waals surface area contributed by atoms with Gasteiger partial charge in [0.15, 0.2) is 0 Å². The van der Waals surface area contributed by atoms with Gasteiger partial charge in [-0.25, -0.2) is 0 Å². The van der Waals surface area contributed by atoms with Gasteiger partial charge in [0.25, 0.3) is 0 Å². The lowest BCUT2D eigenvalue weighted by molar-refractivity contribution is 0.472. The Morgan fingerprint density at radius 1 is 1.20 bits per heavy atom. The molecule has 0 aliphatic carbocycles. The third-order valence-electron chi connectivity index (χ3n) is 2.34. The molecule has 0 aliphatic heterocycles. The summed E-state index contributed by atoms with van der Waals surface area (Å²) in [5.41, 5.74) is 3.46. The number of phenols is 1. The van der Waals surface area contributed by atoms with Crippen LogP contribution >= 0.6 is 0 Å². The molecule has 0 heterocycles. The van der Waals surface area contributed by atoms with E-state index in [0.717, 1.165) is 5.56 Å². The molecule has 0 amide bonds. The number of allylic oxidation sites excluding steroid dienone is 1. The molecule has 0 spiro atoms. The van der Waals surface area contributed by atoms with E-state index in [1.807, 2.05) is 26.0 Å². The molecule has 0 saturated carbocycles. The molecule has 1 aromatic carbocycles. The number of phenolic OH excluding ortho intramolecular Hbond substituents is 1. The molecule has 1 heteroatoms. The Kier molecular flexibility index (Phi) is 3.23. The van der Waals surface area contributed by atoms with E-state index in [9.17, 15) is 5.11 Å². The molecule has 0 saturated heterocycles. The monoisotopic (exact) mass is 204 g/mol. The normalized spacial score (nSPS) is 11.3. The van der Waals surface area contributed by atoms with Gasteiger partial charge in [-0.15, -0.1) is 0 Å². The van der Waals surface area contributed by atoms with E-state index < -0.39 is 0 Å². The van der Waals surface area contributed by atoms with Crippen LogP contribution in [0.4, 0.5) is 0 Å². The first-order chi connectivity index (χ1) is 6.80. The minimum absolute atomic E-state index is 0.123. The maximum absolute atomic E-state index is 9.70. The first kappa shape index (κ1) is 11.8. The summed E-state index contributed by atoms with van der Waals surface area (Å²) in [7, 11) is 0. The molecular formula is C14H20O. The van der Waals surface area contributed by atoms with Crippen LogP contribution in [0.5, 0.6) is 5.75 Å². The van der Waals surface area contributed by atoms with Crippen molar-refractivity contribution in [3.8, 4) is 5.75 Å². The van der Waals surface area contributed by atoms with Crippen LogP contribution in [0.15, 0.2) is 23.8 Å². The van der Waals surface area contributed by atoms with Crippen molar-refractivity contribution in [2.24, 2.45) is 0 Å². The standard InChI is InChI=1S/C14H20O/c1-10(2)8-11-9-12(14(3,4)5)6-7-13(11)15/h6-9,15H,1-5H3. The van der Waals surface area contributed by atoms with Crippen molar-refractivity contribution in [2.75, 3.05) is 0 Å². The fraction of sp³-hybridized carbons (Fsp3) is 0.429. The van der Waals surface area contributed by atoms with Crippen LogP contribution < -0.4 is 0 Å². The Morgan fingerprint density at radius 3 is 2.27 bits per heavy atom. The summed E-state index contributed by atoms with van der Waals surface area (Å²) in [5.74, 6) is 0.351. The molecule has 0 fully saturated rings. The smallest absolute Gasteiger partial charge is 0.122 e. The Bertz CT molecular complexity index is 377. The second-order valence-corrected chi connectivity index (χ2v) is 5.25. The van der Waals surface area contributed by atoms with Gasteiger partial charge < -0.3 is 5.11 Å². The first-order valence-electron chi connectivity index (χ1n) is 5.29. The molecule has 0 atom stereocenters. The molecular weight excluding hydrogens is 184 g/mol. The van der Waals surface area contributed by atoms with Gasteiger partial charge >= 0.3 is 0 Å². The molecule has 0 bridgehead atoms. The first-order valence-corrected chi connectivity index (χ1v) is 5.29. The van der Waals surface area contributed by atoms with Crippen molar-refractivity contribution in [3.05, 3.63) is 34.9 Å². The van der Waals surface area contributed by atoms with Crippen molar-refractivity contribution in [1.82, 2.24) is 0 Å². The van der Waals surface area contributed by atoms with E-state index in [1.54, 1.807) is 6.07 Å². The highest BCUT2D eigenvalue weighted by atomic mass is 16.3. The van der Waals surface area contributed by atoms with Gasteiger partial charge in [0.1, 0.15) is 5.75 Å². The third-order valence-corrected chi connectivity index (χ3v) is 2.34. The molecule has 15 heavy (non-hydrogen) atoms. The fourth-order valence-electron chi connectivity index (χ4n) is 1.45. The predicted molar refractivity (Wildman–Crippen MR) is 66.1 cm³/mol. The van der Waals surface area contributed by atoms with Gasteiger partial charge in [0.2, 0.25) is 0 Å². The molecule has 0 aliphatic rings. The molecule has 0 aromatic heterocycles. The molecule has 0 radical (unpaired) electrons. The van der Waals surface area contributed by atoms with Crippen molar-refractivity contribution < 1.29 is 5.11 Å². The van der Waals surface area contributed by atoms with Crippen LogP contribution in [-0.2, 0) is 5.41 Å². The van der Waals surface area contributed by atoms with Gasteiger partial charge in [-0.1, -0.05) is 38.5 Å². The fourth-order valence-corrected chi connectivity index (χ4v) is 1.45. The summed E-state index contributed by atoms with van der Waals surface area (Å²) < 4.78 is 0. The lowest BCUT2D eigenvalue weighted by Crippen LogP contribution is -2.10. The van der Waals surface area contributed by atoms with Gasteiger partial charge in [-0.3, -0.25) is 0 Å². The molecule has 1 aromatic rings. The van der Waals surface area contributed by atoms with Gasteiger partial charge in [0.05, 0.1) is 0 Å². The molecule has 82 valence electrons. The topological polar surface area (TPSA) is 20.2 Å². The minimum Gasteiger partial charge on any atom is -0.507 e. The molecule has 1 nitrogen and oxygen atoms in total. The lowest BCUT2D eigenvalue weighted by atomic mass is 9.86. The highest BCUT2D eigenvalue weighted by Crippen LogP contribution is 2.28. The van der Waals surface area contributed by atoms with Crippen LogP contribution in [0.2, 0.25) is 0 Å². The number of aromatic hydroxyl groups is 1. The summed E-state index contributed by atoms with van der Waals surface area (Å²) in [4.78, 5) is 0. The van der Waals surface area contributed by atoms with Crippen molar-refractivity contribution in [2.45, 2.75) is 40.0 Å². The Labute approximate surface area is 92.5 Å². The second kappa shape index (κ2) is 4.09. The van der Waals surface area contributed by atoms with Crippen molar-refractivity contribution >= 4 is 6.08 Å². The molecule has 1 N–H and O–H groups in total. The number of hydrogen-bond acceptors (Lipinski definition) is 1. The van der Waals surface area contributed by atoms with E-state index in [1.165, 1.54) is 11.1 Å². The van der Waals surface area contributed by atoms with Crippen LogP contribution in [0.25, 0.3) is 6.08 Å². The average Bonchev–Trinajstić information content (AvgIpc) is 2.06. The van der Waals surface area contributed by atoms with Crippen molar-refractivity contribution in [3.63, 3.8) is 0 Å². The minimum atomic E-state index is 0.123. The highest BCUT2D eigenvalue weighted by Gasteiger charge is 2.14. The lowest BCUT2D eigenvalue weighted by Gasteiger charge is -2.19. The summed E-state index contributed by atoms with van der Waals surface area (Å²) in [6.07, 6.45) is 2.00. The van der Waals surface area contributed by atoms with E-state index >= 15 is 0 Å². The van der Waals surface area contributed by atoms with Gasteiger partial charge in [-0.2, -0.15) is 0 Å². The number of benzene rings is 1. The maximum Gasteiger partial charge on any atom is 0.122 e. The van der Waals surface area contributed by atoms with Crippen LogP contribution in [0.1, 0.15) is 45.7 Å². The van der Waals surface area contributed by atoms with E-state index in [4.69, 9.17) is 0 Å². The Morgan fingerprint density at radius 2 is 1.80 bits per heavy atom. The van der Waals surface area contributed by atoms with Crippen LogP contribution in [0.3, 0.4) is 0 Å². The van der Waals surface area contributed by atoms with E-state index in [-0.39, 0.29) is 5.41 Å². The number of hydrogen-bond donors (Lipinski definition) is 1. The predicted octanol–water partition coefficient (Wildman–Crippen LogP) is 4.11. The summed E-state index contributed by atoms with van der Waals surface area (Å²) >= 11 is 0. The third kappa shape index (κ3) is 3.12. The molecule has 1 rings (SSSR count). The molecule has 0 unspecified atom stereocenters. The van der Waals surface area contributed by atoms with Gasteiger partial charge in [0, 0.05) is 5.56 Å². The van der Waals surface area contributed by atoms with E-state index in [0.29, 0.717) is 5.75 Å². The second-order valence-electron chi connectivity index (χ2n) is 5.25. The zero-order valence-corrected chi connectivity index (χ0v) is 10.3. The Balaban J connectivity index is 3.23. The van der Waals surface area contributed by atoms with Crippen LogP contribution in [0, 0.1) is 0 Å². The maximum atomic E-state index is 9.70. The Hall–Kier alpha value is -1.24. The largest absolute Gasteiger partial charge is 0.507 e. The summed E-state index contributed by atoms with van der Waals surface area (Å²) in [6.45, 7) is 10.6. The zero-order valence-electron chi connectivity index (χ0n) is 10.3. The van der Waals surface area contributed by atoms with E-state index in [2.05, 4.69) is 26.8 Å². The number of rotatable bonds is 1. The average molecular weight is 204 g/mol. The summed E-state index contributed by atoms with van der Waals surface area (Å²) in [6, 6.07) is 5.81. The SMILES string of the molecule is CC(C)=Cc1cc(C(C)(C)C)ccc1O. The highest BCUT2D eigenvalue weighted by molar-refractivity contribution is 5.60.